The number of hydrogen-bond acceptors (Lipinski definition) is 7. The van der Waals surface area contributed by atoms with Crippen LogP contribution in [-0.2, 0) is 6.54 Å². The van der Waals surface area contributed by atoms with Crippen LogP contribution in [0.1, 0.15) is 25.3 Å². The highest BCUT2D eigenvalue weighted by Gasteiger charge is 2.19. The van der Waals surface area contributed by atoms with Gasteiger partial charge in [-0.3, -0.25) is 4.68 Å². The van der Waals surface area contributed by atoms with E-state index in [9.17, 15) is 13.9 Å². The van der Waals surface area contributed by atoms with Gasteiger partial charge in [0.15, 0.2) is 17.5 Å². The van der Waals surface area contributed by atoms with Crippen LogP contribution in [0.4, 0.5) is 14.6 Å². The van der Waals surface area contributed by atoms with Crippen molar-refractivity contribution in [3.05, 3.63) is 66.1 Å². The first-order valence-corrected chi connectivity index (χ1v) is 10.2. The van der Waals surface area contributed by atoms with Crippen LogP contribution in [0.25, 0.3) is 22.9 Å². The minimum absolute atomic E-state index is 0.0193. The molecule has 0 saturated carbocycles. The second-order valence-corrected chi connectivity index (χ2v) is 7.25. The highest BCUT2D eigenvalue weighted by atomic mass is 19.1. The van der Waals surface area contributed by atoms with Crippen molar-refractivity contribution in [3.8, 4) is 22.9 Å². The molecule has 8 nitrogen and oxygen atoms in total. The SMILES string of the molecule is CCC[C@H](CO)Nc1nc(-c2cc(-c3ccon3)n(Cc3ccccc3F)n2)ncc1F. The molecule has 10 heteroatoms. The lowest BCUT2D eigenvalue weighted by atomic mass is 10.2. The van der Waals surface area contributed by atoms with E-state index < -0.39 is 5.82 Å². The lowest BCUT2D eigenvalue weighted by molar-refractivity contribution is 0.268. The second-order valence-electron chi connectivity index (χ2n) is 7.25. The molecule has 2 N–H and O–H groups in total. The molecule has 4 rings (SSSR count). The number of aliphatic hydroxyl groups is 1. The maximum Gasteiger partial charge on any atom is 0.183 e. The minimum Gasteiger partial charge on any atom is -0.394 e. The predicted molar refractivity (Wildman–Crippen MR) is 114 cm³/mol. The van der Waals surface area contributed by atoms with E-state index in [1.54, 1.807) is 35.0 Å². The van der Waals surface area contributed by atoms with Crippen molar-refractivity contribution in [1.82, 2.24) is 24.9 Å². The summed E-state index contributed by atoms with van der Waals surface area (Å²) in [4.78, 5) is 8.34. The molecule has 4 aromatic rings. The quantitative estimate of drug-likeness (QED) is 0.407. The van der Waals surface area contributed by atoms with Crippen molar-refractivity contribution >= 4 is 5.82 Å². The summed E-state index contributed by atoms with van der Waals surface area (Å²) in [5, 5.41) is 20.9. The van der Waals surface area contributed by atoms with Crippen molar-refractivity contribution in [2.24, 2.45) is 0 Å². The number of halogens is 2. The van der Waals surface area contributed by atoms with Gasteiger partial charge in [-0.15, -0.1) is 0 Å². The predicted octanol–water partition coefficient (Wildman–Crippen LogP) is 3.89. The summed E-state index contributed by atoms with van der Waals surface area (Å²) in [5.41, 5.74) is 1.88. The van der Waals surface area contributed by atoms with E-state index in [0.29, 0.717) is 29.1 Å². The Labute approximate surface area is 182 Å². The Bertz CT molecular complexity index is 1180. The van der Waals surface area contributed by atoms with Crippen molar-refractivity contribution in [2.45, 2.75) is 32.4 Å². The Kier molecular flexibility index (Phi) is 6.50. The van der Waals surface area contributed by atoms with E-state index in [-0.39, 0.29) is 36.7 Å². The molecule has 0 fully saturated rings. The first-order valence-electron chi connectivity index (χ1n) is 10.2. The van der Waals surface area contributed by atoms with Gasteiger partial charge in [0.05, 0.1) is 31.1 Å². The van der Waals surface area contributed by atoms with Gasteiger partial charge in [0.25, 0.3) is 0 Å². The third-order valence-electron chi connectivity index (χ3n) is 4.93. The van der Waals surface area contributed by atoms with Gasteiger partial charge in [-0.2, -0.15) is 5.10 Å². The zero-order valence-corrected chi connectivity index (χ0v) is 17.4. The number of rotatable bonds is 9. The Morgan fingerprint density at radius 3 is 2.72 bits per heavy atom. The molecular weight excluding hydrogens is 418 g/mol. The monoisotopic (exact) mass is 440 g/mol. The molecule has 0 aliphatic heterocycles. The molecule has 0 unspecified atom stereocenters. The maximum absolute atomic E-state index is 14.3. The normalized spacial score (nSPS) is 12.1. The fourth-order valence-electron chi connectivity index (χ4n) is 3.33. The van der Waals surface area contributed by atoms with E-state index in [0.717, 1.165) is 12.6 Å². The highest BCUT2D eigenvalue weighted by Crippen LogP contribution is 2.26. The molecule has 32 heavy (non-hydrogen) atoms. The van der Waals surface area contributed by atoms with Crippen molar-refractivity contribution in [2.75, 3.05) is 11.9 Å². The molecule has 0 radical (unpaired) electrons. The number of hydrogen-bond donors (Lipinski definition) is 2. The Morgan fingerprint density at radius 1 is 1.16 bits per heavy atom. The number of nitrogens with one attached hydrogen (secondary N) is 1. The van der Waals surface area contributed by atoms with Gasteiger partial charge in [0, 0.05) is 11.6 Å². The van der Waals surface area contributed by atoms with Crippen LogP contribution in [0.15, 0.2) is 53.4 Å². The highest BCUT2D eigenvalue weighted by molar-refractivity contribution is 5.63. The minimum atomic E-state index is -0.634. The van der Waals surface area contributed by atoms with Gasteiger partial charge in [0.1, 0.15) is 23.5 Å². The molecule has 0 saturated heterocycles. The number of aromatic nitrogens is 5. The van der Waals surface area contributed by atoms with Gasteiger partial charge in [0.2, 0.25) is 0 Å². The van der Waals surface area contributed by atoms with Crippen molar-refractivity contribution < 1.29 is 18.4 Å². The maximum atomic E-state index is 14.3. The average molecular weight is 440 g/mol. The molecule has 0 spiro atoms. The standard InChI is InChI=1S/C22H22F2N6O2/c1-2-5-15(13-31)26-21-17(24)11-25-22(27-21)19-10-20(18-8-9-32-29-18)30(28-19)12-14-6-3-4-7-16(14)23/h3-4,6-11,15,31H,2,5,12-13H2,1H3,(H,25,26,27)/t15-/m1/s1. The van der Waals surface area contributed by atoms with Gasteiger partial charge < -0.3 is 14.9 Å². The number of nitrogens with zero attached hydrogens (tertiary/aromatic N) is 5. The lowest BCUT2D eigenvalue weighted by Gasteiger charge is -2.16. The Balaban J connectivity index is 1.71. The Hall–Kier alpha value is -3.66. The summed E-state index contributed by atoms with van der Waals surface area (Å²) >= 11 is 0. The summed E-state index contributed by atoms with van der Waals surface area (Å²) in [6.07, 6.45) is 3.95. The first-order chi connectivity index (χ1) is 15.6. The van der Waals surface area contributed by atoms with Gasteiger partial charge in [-0.1, -0.05) is 36.7 Å². The van der Waals surface area contributed by atoms with E-state index in [2.05, 4.69) is 25.5 Å². The summed E-state index contributed by atoms with van der Waals surface area (Å²) in [6.45, 7) is 1.96. The Morgan fingerprint density at radius 2 is 2.00 bits per heavy atom. The van der Waals surface area contributed by atoms with Crippen LogP contribution in [0.5, 0.6) is 0 Å². The number of anilines is 1. The largest absolute Gasteiger partial charge is 0.394 e. The van der Waals surface area contributed by atoms with Crippen LogP contribution in [0.3, 0.4) is 0 Å². The van der Waals surface area contributed by atoms with E-state index in [4.69, 9.17) is 4.52 Å². The van der Waals surface area contributed by atoms with E-state index >= 15 is 0 Å². The van der Waals surface area contributed by atoms with Gasteiger partial charge in [-0.05, 0) is 18.6 Å². The van der Waals surface area contributed by atoms with E-state index in [1.165, 1.54) is 12.3 Å². The molecule has 1 aromatic carbocycles. The zero-order valence-electron chi connectivity index (χ0n) is 17.4. The van der Waals surface area contributed by atoms with Gasteiger partial charge in [-0.25, -0.2) is 18.7 Å². The van der Waals surface area contributed by atoms with Crippen molar-refractivity contribution in [1.29, 1.82) is 0 Å². The van der Waals surface area contributed by atoms with Crippen LogP contribution in [-0.4, -0.2) is 42.7 Å². The fraction of sp³-hybridized carbons (Fsp3) is 0.273. The van der Waals surface area contributed by atoms with Crippen LogP contribution in [0, 0.1) is 11.6 Å². The summed E-state index contributed by atoms with van der Waals surface area (Å²) in [5.74, 6) is -0.829. The number of benzene rings is 1. The van der Waals surface area contributed by atoms with Crippen molar-refractivity contribution in [3.63, 3.8) is 0 Å². The van der Waals surface area contributed by atoms with E-state index in [1.807, 2.05) is 6.92 Å². The topological polar surface area (TPSA) is 102 Å². The first kappa shape index (κ1) is 21.6. The lowest BCUT2D eigenvalue weighted by Crippen LogP contribution is -2.25. The third-order valence-corrected chi connectivity index (χ3v) is 4.93. The molecule has 1 atom stereocenters. The smallest absolute Gasteiger partial charge is 0.183 e. The second kappa shape index (κ2) is 9.65. The summed E-state index contributed by atoms with van der Waals surface area (Å²) in [6, 6.07) is 9.42. The molecule has 166 valence electrons. The van der Waals surface area contributed by atoms with Crippen LogP contribution < -0.4 is 5.32 Å². The molecule has 3 heterocycles. The average Bonchev–Trinajstić information content (AvgIpc) is 3.46. The molecule has 0 aliphatic carbocycles. The third kappa shape index (κ3) is 4.65. The summed E-state index contributed by atoms with van der Waals surface area (Å²) < 4.78 is 35.0. The molecular formula is C22H22F2N6O2. The molecule has 3 aromatic heterocycles. The number of aliphatic hydroxyl groups excluding tert-OH is 1. The molecule has 0 bridgehead atoms. The molecule has 0 aliphatic rings. The van der Waals surface area contributed by atoms with Crippen LogP contribution in [0.2, 0.25) is 0 Å². The van der Waals surface area contributed by atoms with Crippen LogP contribution >= 0.6 is 0 Å². The summed E-state index contributed by atoms with van der Waals surface area (Å²) in [7, 11) is 0. The fourth-order valence-corrected chi connectivity index (χ4v) is 3.33. The molecule has 0 amide bonds. The van der Waals surface area contributed by atoms with Gasteiger partial charge >= 0.3 is 0 Å². The zero-order chi connectivity index (χ0) is 22.5.